The monoisotopic (exact) mass is 223 g/mol. The molecule has 1 aromatic rings. The van der Waals surface area contributed by atoms with Gasteiger partial charge in [-0.15, -0.1) is 0 Å². The van der Waals surface area contributed by atoms with Gasteiger partial charge < -0.3 is 15.4 Å². The van der Waals surface area contributed by atoms with Crippen LogP contribution in [-0.2, 0) is 6.54 Å². The Bertz CT molecular complexity index is 315. The third-order valence-electron chi connectivity index (χ3n) is 2.45. The molecule has 0 saturated carbocycles. The normalized spacial score (nSPS) is 12.8. The second kappa shape index (κ2) is 6.45. The van der Waals surface area contributed by atoms with E-state index < -0.39 is 0 Å². The summed E-state index contributed by atoms with van der Waals surface area (Å²) in [7, 11) is 3.72. The molecule has 0 aromatic carbocycles. The SMILES string of the molecule is COc1ncccc1CN(C)CCC(C)N. The number of nitrogens with two attached hydrogens (primary N) is 1. The molecule has 16 heavy (non-hydrogen) atoms. The summed E-state index contributed by atoms with van der Waals surface area (Å²) >= 11 is 0. The van der Waals surface area contributed by atoms with Crippen LogP contribution in [0.5, 0.6) is 5.88 Å². The van der Waals surface area contributed by atoms with Gasteiger partial charge >= 0.3 is 0 Å². The molecule has 0 fully saturated rings. The lowest BCUT2D eigenvalue weighted by Gasteiger charge is -2.18. The third-order valence-corrected chi connectivity index (χ3v) is 2.45. The highest BCUT2D eigenvalue weighted by Gasteiger charge is 2.07. The zero-order valence-electron chi connectivity index (χ0n) is 10.3. The van der Waals surface area contributed by atoms with Crippen molar-refractivity contribution in [2.75, 3.05) is 20.7 Å². The van der Waals surface area contributed by atoms with Gasteiger partial charge in [0.25, 0.3) is 0 Å². The molecule has 1 aromatic heterocycles. The van der Waals surface area contributed by atoms with Crippen LogP contribution in [0, 0.1) is 0 Å². The average Bonchev–Trinajstić information content (AvgIpc) is 2.27. The summed E-state index contributed by atoms with van der Waals surface area (Å²) in [5.74, 6) is 0.704. The van der Waals surface area contributed by atoms with E-state index in [1.165, 1.54) is 0 Å². The summed E-state index contributed by atoms with van der Waals surface area (Å²) in [5, 5.41) is 0. The maximum atomic E-state index is 5.73. The number of nitrogens with zero attached hydrogens (tertiary/aromatic N) is 2. The van der Waals surface area contributed by atoms with Gasteiger partial charge in [0.05, 0.1) is 7.11 Å². The minimum absolute atomic E-state index is 0.248. The first-order valence-electron chi connectivity index (χ1n) is 5.55. The van der Waals surface area contributed by atoms with Crippen LogP contribution in [0.1, 0.15) is 18.9 Å². The number of pyridine rings is 1. The molecule has 90 valence electrons. The molecule has 4 heteroatoms. The van der Waals surface area contributed by atoms with Crippen molar-refractivity contribution in [1.29, 1.82) is 0 Å². The quantitative estimate of drug-likeness (QED) is 0.789. The van der Waals surface area contributed by atoms with E-state index in [-0.39, 0.29) is 6.04 Å². The summed E-state index contributed by atoms with van der Waals surface area (Å²) < 4.78 is 5.21. The van der Waals surface area contributed by atoms with E-state index in [0.717, 1.165) is 25.1 Å². The van der Waals surface area contributed by atoms with Gasteiger partial charge in [-0.3, -0.25) is 0 Å². The molecule has 1 rings (SSSR count). The highest BCUT2D eigenvalue weighted by atomic mass is 16.5. The summed E-state index contributed by atoms with van der Waals surface area (Å²) in [5.41, 5.74) is 6.83. The molecule has 1 heterocycles. The second-order valence-electron chi connectivity index (χ2n) is 4.18. The van der Waals surface area contributed by atoms with E-state index in [4.69, 9.17) is 10.5 Å². The Kier molecular flexibility index (Phi) is 5.22. The molecule has 0 bridgehead atoms. The minimum Gasteiger partial charge on any atom is -0.481 e. The fourth-order valence-electron chi connectivity index (χ4n) is 1.52. The van der Waals surface area contributed by atoms with E-state index in [2.05, 4.69) is 16.9 Å². The molecule has 0 aliphatic rings. The van der Waals surface area contributed by atoms with E-state index >= 15 is 0 Å². The van der Waals surface area contributed by atoms with Crippen LogP contribution in [0.3, 0.4) is 0 Å². The van der Waals surface area contributed by atoms with Gasteiger partial charge in [-0.25, -0.2) is 4.98 Å². The standard InChI is InChI=1S/C12H21N3O/c1-10(13)6-8-15(2)9-11-5-4-7-14-12(11)16-3/h4-5,7,10H,6,8-9,13H2,1-3H3. The Balaban J connectivity index is 2.51. The van der Waals surface area contributed by atoms with Gasteiger partial charge in [-0.1, -0.05) is 6.07 Å². The summed E-state index contributed by atoms with van der Waals surface area (Å²) in [4.78, 5) is 6.40. The van der Waals surface area contributed by atoms with Gasteiger partial charge in [0, 0.05) is 24.3 Å². The average molecular weight is 223 g/mol. The molecule has 1 unspecified atom stereocenters. The van der Waals surface area contributed by atoms with E-state index in [1.54, 1.807) is 13.3 Å². The van der Waals surface area contributed by atoms with Crippen LogP contribution in [0.25, 0.3) is 0 Å². The van der Waals surface area contributed by atoms with E-state index in [1.807, 2.05) is 19.1 Å². The van der Waals surface area contributed by atoms with E-state index in [0.29, 0.717) is 5.88 Å². The van der Waals surface area contributed by atoms with Gasteiger partial charge in [-0.05, 0) is 33.0 Å². The molecular formula is C12H21N3O. The zero-order chi connectivity index (χ0) is 12.0. The van der Waals surface area contributed by atoms with Crippen molar-refractivity contribution >= 4 is 0 Å². The van der Waals surface area contributed by atoms with Crippen molar-refractivity contribution < 1.29 is 4.74 Å². The molecule has 1 atom stereocenters. The predicted octanol–water partition coefficient (Wildman–Crippen LogP) is 1.26. The molecular weight excluding hydrogens is 202 g/mol. The second-order valence-corrected chi connectivity index (χ2v) is 4.18. The first-order valence-corrected chi connectivity index (χ1v) is 5.55. The van der Waals surface area contributed by atoms with Gasteiger partial charge in [0.1, 0.15) is 0 Å². The van der Waals surface area contributed by atoms with Crippen LogP contribution >= 0.6 is 0 Å². The van der Waals surface area contributed by atoms with Crippen molar-refractivity contribution in [2.24, 2.45) is 5.73 Å². The molecule has 0 saturated heterocycles. The van der Waals surface area contributed by atoms with Crippen LogP contribution in [0.4, 0.5) is 0 Å². The van der Waals surface area contributed by atoms with Crippen molar-refractivity contribution in [3.05, 3.63) is 23.9 Å². The summed E-state index contributed by atoms with van der Waals surface area (Å²) in [6, 6.07) is 4.21. The molecule has 0 aliphatic carbocycles. The molecule has 0 spiro atoms. The predicted molar refractivity (Wildman–Crippen MR) is 65.4 cm³/mol. The number of hydrogen-bond acceptors (Lipinski definition) is 4. The topological polar surface area (TPSA) is 51.4 Å². The Morgan fingerprint density at radius 3 is 2.94 bits per heavy atom. The van der Waals surface area contributed by atoms with Crippen LogP contribution in [0.15, 0.2) is 18.3 Å². The Hall–Kier alpha value is -1.13. The highest BCUT2D eigenvalue weighted by Crippen LogP contribution is 2.15. The number of hydrogen-bond donors (Lipinski definition) is 1. The lowest BCUT2D eigenvalue weighted by molar-refractivity contribution is 0.303. The zero-order valence-corrected chi connectivity index (χ0v) is 10.3. The fraction of sp³-hybridized carbons (Fsp3) is 0.583. The molecule has 0 aliphatic heterocycles. The third kappa shape index (κ3) is 4.16. The molecule has 4 nitrogen and oxygen atoms in total. The Morgan fingerprint density at radius 2 is 2.31 bits per heavy atom. The van der Waals surface area contributed by atoms with Crippen molar-refractivity contribution in [2.45, 2.75) is 25.9 Å². The molecule has 0 amide bonds. The molecule has 2 N–H and O–H groups in total. The lowest BCUT2D eigenvalue weighted by Crippen LogP contribution is -2.26. The summed E-state index contributed by atoms with van der Waals surface area (Å²) in [6.45, 7) is 3.85. The van der Waals surface area contributed by atoms with Crippen molar-refractivity contribution in [3.63, 3.8) is 0 Å². The Morgan fingerprint density at radius 1 is 1.56 bits per heavy atom. The van der Waals surface area contributed by atoms with Crippen LogP contribution < -0.4 is 10.5 Å². The van der Waals surface area contributed by atoms with Gasteiger partial charge in [0.2, 0.25) is 5.88 Å². The van der Waals surface area contributed by atoms with Gasteiger partial charge in [0.15, 0.2) is 0 Å². The number of rotatable bonds is 6. The van der Waals surface area contributed by atoms with E-state index in [9.17, 15) is 0 Å². The maximum Gasteiger partial charge on any atom is 0.217 e. The molecule has 0 radical (unpaired) electrons. The first-order chi connectivity index (χ1) is 7.63. The number of ether oxygens (including phenoxy) is 1. The Labute approximate surface area is 97.4 Å². The number of aromatic nitrogens is 1. The fourth-order valence-corrected chi connectivity index (χ4v) is 1.52. The smallest absolute Gasteiger partial charge is 0.217 e. The first kappa shape index (κ1) is 12.9. The summed E-state index contributed by atoms with van der Waals surface area (Å²) in [6.07, 6.45) is 2.74. The lowest BCUT2D eigenvalue weighted by atomic mass is 10.2. The van der Waals surface area contributed by atoms with Crippen molar-refractivity contribution in [3.8, 4) is 5.88 Å². The number of methoxy groups -OCH3 is 1. The van der Waals surface area contributed by atoms with Crippen LogP contribution in [0.2, 0.25) is 0 Å². The largest absolute Gasteiger partial charge is 0.481 e. The van der Waals surface area contributed by atoms with Gasteiger partial charge in [-0.2, -0.15) is 0 Å². The van der Waals surface area contributed by atoms with Crippen LogP contribution in [-0.4, -0.2) is 36.6 Å². The minimum atomic E-state index is 0.248. The van der Waals surface area contributed by atoms with Crippen molar-refractivity contribution in [1.82, 2.24) is 9.88 Å². The maximum absolute atomic E-state index is 5.73. The highest BCUT2D eigenvalue weighted by molar-refractivity contribution is 5.24.